The molecule has 0 saturated heterocycles. The van der Waals surface area contributed by atoms with Crippen molar-refractivity contribution in [3.05, 3.63) is 0 Å². The Morgan fingerprint density at radius 3 is 2.50 bits per heavy atom. The van der Waals surface area contributed by atoms with E-state index in [4.69, 9.17) is 5.73 Å². The first-order valence-corrected chi connectivity index (χ1v) is 4.63. The predicted octanol–water partition coefficient (Wildman–Crippen LogP) is 0.428. The topological polar surface area (TPSA) is 49.5 Å². The molecular weight excluding hydrogens is 152 g/mol. The molecule has 0 aliphatic heterocycles. The van der Waals surface area contributed by atoms with Crippen molar-refractivity contribution in [1.82, 2.24) is 4.90 Å². The summed E-state index contributed by atoms with van der Waals surface area (Å²) in [4.78, 5) is 2.12. The molecule has 0 aromatic carbocycles. The van der Waals surface area contributed by atoms with E-state index in [9.17, 15) is 5.11 Å². The molecule has 12 heavy (non-hydrogen) atoms. The Balaban J connectivity index is 3.60. The summed E-state index contributed by atoms with van der Waals surface area (Å²) in [5.41, 5.74) is 4.83. The van der Waals surface area contributed by atoms with Gasteiger partial charge < -0.3 is 15.7 Å². The van der Waals surface area contributed by atoms with Gasteiger partial charge in [-0.05, 0) is 39.9 Å². The molecular formula is C9H22N2O. The molecule has 0 aliphatic carbocycles. The van der Waals surface area contributed by atoms with Crippen LogP contribution in [0.15, 0.2) is 0 Å². The maximum Gasteiger partial charge on any atom is 0.0743 e. The summed E-state index contributed by atoms with van der Waals surface area (Å²) < 4.78 is 0. The second kappa shape index (κ2) is 5.51. The van der Waals surface area contributed by atoms with Gasteiger partial charge in [0, 0.05) is 6.54 Å². The zero-order chi connectivity index (χ0) is 9.61. The van der Waals surface area contributed by atoms with E-state index in [0.717, 1.165) is 32.5 Å². The summed E-state index contributed by atoms with van der Waals surface area (Å²) in [6.07, 6.45) is 1.79. The lowest BCUT2D eigenvalue weighted by Gasteiger charge is -2.27. The summed E-state index contributed by atoms with van der Waals surface area (Å²) in [5, 5.41) is 9.72. The van der Waals surface area contributed by atoms with E-state index in [1.54, 1.807) is 0 Å². The zero-order valence-electron chi connectivity index (χ0n) is 8.51. The Kier molecular flexibility index (Phi) is 5.46. The van der Waals surface area contributed by atoms with Crippen molar-refractivity contribution >= 4 is 0 Å². The van der Waals surface area contributed by atoms with Gasteiger partial charge >= 0.3 is 0 Å². The highest BCUT2D eigenvalue weighted by molar-refractivity contribution is 4.73. The number of aliphatic hydroxyl groups is 1. The van der Waals surface area contributed by atoms with Crippen LogP contribution in [0.25, 0.3) is 0 Å². The van der Waals surface area contributed by atoms with Crippen molar-refractivity contribution in [2.45, 2.75) is 32.3 Å². The Morgan fingerprint density at radius 2 is 2.08 bits per heavy atom. The standard InChI is InChI=1S/C9H22N2O/c1-4-9(2,12)8-11(3)7-5-6-10/h12H,4-8,10H2,1-3H3. The third-order valence-corrected chi connectivity index (χ3v) is 2.12. The molecule has 0 aromatic rings. The fraction of sp³-hybridized carbons (Fsp3) is 1.00. The van der Waals surface area contributed by atoms with E-state index in [2.05, 4.69) is 4.90 Å². The summed E-state index contributed by atoms with van der Waals surface area (Å²) in [6, 6.07) is 0. The van der Waals surface area contributed by atoms with Crippen LogP contribution in [0, 0.1) is 0 Å². The van der Waals surface area contributed by atoms with E-state index in [1.165, 1.54) is 0 Å². The molecule has 1 unspecified atom stereocenters. The molecule has 3 N–H and O–H groups in total. The monoisotopic (exact) mass is 174 g/mol. The molecule has 0 fully saturated rings. The third-order valence-electron chi connectivity index (χ3n) is 2.12. The van der Waals surface area contributed by atoms with Crippen LogP contribution < -0.4 is 5.73 Å². The highest BCUT2D eigenvalue weighted by atomic mass is 16.3. The van der Waals surface area contributed by atoms with Gasteiger partial charge in [-0.3, -0.25) is 0 Å². The average molecular weight is 174 g/mol. The van der Waals surface area contributed by atoms with Crippen LogP contribution in [0.1, 0.15) is 26.7 Å². The summed E-state index contributed by atoms with van der Waals surface area (Å²) in [6.45, 7) is 6.28. The minimum absolute atomic E-state index is 0.552. The molecule has 0 aromatic heterocycles. The lowest BCUT2D eigenvalue weighted by atomic mass is 10.0. The van der Waals surface area contributed by atoms with Gasteiger partial charge in [0.2, 0.25) is 0 Å². The number of nitrogens with zero attached hydrogens (tertiary/aromatic N) is 1. The van der Waals surface area contributed by atoms with E-state index in [0.29, 0.717) is 0 Å². The van der Waals surface area contributed by atoms with Crippen LogP contribution in [0.3, 0.4) is 0 Å². The molecule has 0 rings (SSSR count). The Bertz CT molecular complexity index is 115. The van der Waals surface area contributed by atoms with Crippen molar-refractivity contribution in [2.75, 3.05) is 26.7 Å². The lowest BCUT2D eigenvalue weighted by molar-refractivity contribution is 0.0236. The van der Waals surface area contributed by atoms with Crippen LogP contribution in [-0.2, 0) is 0 Å². The summed E-state index contributed by atoms with van der Waals surface area (Å²) >= 11 is 0. The molecule has 0 bridgehead atoms. The average Bonchev–Trinajstić information content (AvgIpc) is 2.00. The number of hydrogen-bond donors (Lipinski definition) is 2. The molecule has 0 radical (unpaired) electrons. The molecule has 3 nitrogen and oxygen atoms in total. The second-order valence-electron chi connectivity index (χ2n) is 3.73. The van der Waals surface area contributed by atoms with Gasteiger partial charge in [-0.25, -0.2) is 0 Å². The van der Waals surface area contributed by atoms with Crippen LogP contribution in [0.4, 0.5) is 0 Å². The van der Waals surface area contributed by atoms with Crippen LogP contribution >= 0.6 is 0 Å². The van der Waals surface area contributed by atoms with Crippen molar-refractivity contribution in [1.29, 1.82) is 0 Å². The van der Waals surface area contributed by atoms with Gasteiger partial charge in [0.15, 0.2) is 0 Å². The summed E-state index contributed by atoms with van der Waals surface area (Å²) in [5.74, 6) is 0. The highest BCUT2D eigenvalue weighted by Gasteiger charge is 2.19. The Hall–Kier alpha value is -0.120. The minimum Gasteiger partial charge on any atom is -0.389 e. The maximum atomic E-state index is 9.72. The molecule has 1 atom stereocenters. The smallest absolute Gasteiger partial charge is 0.0743 e. The second-order valence-corrected chi connectivity index (χ2v) is 3.73. The van der Waals surface area contributed by atoms with E-state index < -0.39 is 5.60 Å². The van der Waals surface area contributed by atoms with Crippen molar-refractivity contribution < 1.29 is 5.11 Å². The predicted molar refractivity (Wildman–Crippen MR) is 52.1 cm³/mol. The first kappa shape index (κ1) is 11.9. The van der Waals surface area contributed by atoms with Crippen LogP contribution in [0.2, 0.25) is 0 Å². The molecule has 0 heterocycles. The lowest BCUT2D eigenvalue weighted by Crippen LogP contribution is -2.39. The Labute approximate surface area is 75.6 Å². The van der Waals surface area contributed by atoms with Gasteiger partial charge in [0.1, 0.15) is 0 Å². The van der Waals surface area contributed by atoms with Gasteiger partial charge in [-0.1, -0.05) is 6.92 Å². The normalized spacial score (nSPS) is 16.5. The fourth-order valence-electron chi connectivity index (χ4n) is 1.13. The number of nitrogens with two attached hydrogens (primary N) is 1. The van der Waals surface area contributed by atoms with Crippen molar-refractivity contribution in [3.63, 3.8) is 0 Å². The zero-order valence-corrected chi connectivity index (χ0v) is 8.51. The number of rotatable bonds is 6. The Morgan fingerprint density at radius 1 is 1.50 bits per heavy atom. The van der Waals surface area contributed by atoms with Gasteiger partial charge in [-0.15, -0.1) is 0 Å². The van der Waals surface area contributed by atoms with Crippen molar-refractivity contribution in [2.24, 2.45) is 5.73 Å². The van der Waals surface area contributed by atoms with Gasteiger partial charge in [0.25, 0.3) is 0 Å². The summed E-state index contributed by atoms with van der Waals surface area (Å²) in [7, 11) is 2.01. The molecule has 0 amide bonds. The molecule has 0 aliphatic rings. The largest absolute Gasteiger partial charge is 0.389 e. The fourth-order valence-corrected chi connectivity index (χ4v) is 1.13. The van der Waals surface area contributed by atoms with E-state index in [-0.39, 0.29) is 0 Å². The van der Waals surface area contributed by atoms with Crippen molar-refractivity contribution in [3.8, 4) is 0 Å². The first-order valence-electron chi connectivity index (χ1n) is 4.63. The molecule has 3 heteroatoms. The van der Waals surface area contributed by atoms with Gasteiger partial charge in [0.05, 0.1) is 5.60 Å². The molecule has 74 valence electrons. The molecule has 0 spiro atoms. The van der Waals surface area contributed by atoms with E-state index >= 15 is 0 Å². The first-order chi connectivity index (χ1) is 5.52. The highest BCUT2D eigenvalue weighted by Crippen LogP contribution is 2.09. The maximum absolute atomic E-state index is 9.72. The van der Waals surface area contributed by atoms with Gasteiger partial charge in [-0.2, -0.15) is 0 Å². The number of likely N-dealkylation sites (N-methyl/N-ethyl adjacent to an activating group) is 1. The third kappa shape index (κ3) is 5.52. The van der Waals surface area contributed by atoms with Crippen LogP contribution in [0.5, 0.6) is 0 Å². The quantitative estimate of drug-likeness (QED) is 0.614. The SMILES string of the molecule is CCC(C)(O)CN(C)CCCN. The minimum atomic E-state index is -0.552. The van der Waals surface area contributed by atoms with Crippen LogP contribution in [-0.4, -0.2) is 42.3 Å². The van der Waals surface area contributed by atoms with E-state index in [1.807, 2.05) is 20.9 Å². The number of hydrogen-bond acceptors (Lipinski definition) is 3. The molecule has 0 saturated carbocycles.